The van der Waals surface area contributed by atoms with Crippen molar-refractivity contribution in [2.45, 2.75) is 47.1 Å². The topological polar surface area (TPSA) is 46.9 Å². The first-order valence-corrected chi connectivity index (χ1v) is 7.80. The number of carbonyl (C=O) groups is 1. The van der Waals surface area contributed by atoms with E-state index in [1.807, 2.05) is 42.8 Å². The molecular weight excluding hydrogens is 286 g/mol. The summed E-state index contributed by atoms with van der Waals surface area (Å²) in [6.07, 6.45) is 3.40. The number of anilines is 1. The lowest BCUT2D eigenvalue weighted by Crippen LogP contribution is -2.26. The molecule has 1 aromatic carbocycles. The summed E-state index contributed by atoms with van der Waals surface area (Å²) in [5, 5.41) is 7.37. The Morgan fingerprint density at radius 3 is 2.48 bits per heavy atom. The molecule has 1 amide bonds. The molecule has 0 saturated heterocycles. The largest absolute Gasteiger partial charge is 0.307 e. The molecular formula is C19H25N3O. The minimum absolute atomic E-state index is 0.157. The van der Waals surface area contributed by atoms with Crippen molar-refractivity contribution in [1.82, 2.24) is 9.78 Å². The standard InChI is InChI=1S/C19H25N3O/c1-13-7-8-16(14(2)11-13)9-10-18(23)20-17-12-15(3)21-22(17)19(4,5)6/h7-12H,1-6H3,(H,20,23)/b10-9+. The normalized spacial score (nSPS) is 11.9. The molecule has 122 valence electrons. The van der Waals surface area contributed by atoms with Gasteiger partial charge in [-0.05, 0) is 58.7 Å². The molecule has 0 aliphatic heterocycles. The van der Waals surface area contributed by atoms with Crippen LogP contribution in [-0.2, 0) is 10.3 Å². The third kappa shape index (κ3) is 4.31. The Balaban J connectivity index is 2.15. The van der Waals surface area contributed by atoms with Crippen molar-refractivity contribution in [1.29, 1.82) is 0 Å². The molecule has 0 radical (unpaired) electrons. The molecule has 4 nitrogen and oxygen atoms in total. The molecule has 2 rings (SSSR count). The van der Waals surface area contributed by atoms with Gasteiger partial charge >= 0.3 is 0 Å². The highest BCUT2D eigenvalue weighted by Gasteiger charge is 2.19. The zero-order valence-electron chi connectivity index (χ0n) is 14.8. The van der Waals surface area contributed by atoms with Crippen LogP contribution in [0.1, 0.15) is 43.2 Å². The maximum Gasteiger partial charge on any atom is 0.249 e. The van der Waals surface area contributed by atoms with Gasteiger partial charge in [0.1, 0.15) is 5.82 Å². The summed E-state index contributed by atoms with van der Waals surface area (Å²) in [6.45, 7) is 12.2. The quantitative estimate of drug-likeness (QED) is 0.863. The number of aryl methyl sites for hydroxylation is 3. The second-order valence-electron chi connectivity index (χ2n) is 6.94. The van der Waals surface area contributed by atoms with Gasteiger partial charge in [0.05, 0.1) is 11.2 Å². The van der Waals surface area contributed by atoms with E-state index in [1.54, 1.807) is 6.08 Å². The minimum atomic E-state index is -0.186. The second-order valence-corrected chi connectivity index (χ2v) is 6.94. The fourth-order valence-electron chi connectivity index (χ4n) is 2.45. The molecule has 1 heterocycles. The number of nitrogens with zero attached hydrogens (tertiary/aromatic N) is 2. The highest BCUT2D eigenvalue weighted by Crippen LogP contribution is 2.21. The zero-order chi connectivity index (χ0) is 17.2. The van der Waals surface area contributed by atoms with E-state index in [2.05, 4.69) is 44.2 Å². The predicted molar refractivity (Wildman–Crippen MR) is 95.5 cm³/mol. The van der Waals surface area contributed by atoms with Crippen LogP contribution in [0.15, 0.2) is 30.3 Å². The van der Waals surface area contributed by atoms with Crippen LogP contribution in [0.4, 0.5) is 5.82 Å². The van der Waals surface area contributed by atoms with Crippen molar-refractivity contribution in [3.63, 3.8) is 0 Å². The van der Waals surface area contributed by atoms with E-state index in [9.17, 15) is 4.79 Å². The van der Waals surface area contributed by atoms with Crippen LogP contribution in [0, 0.1) is 20.8 Å². The molecule has 0 unspecified atom stereocenters. The van der Waals surface area contributed by atoms with Crippen LogP contribution in [0.5, 0.6) is 0 Å². The molecule has 0 spiro atoms. The van der Waals surface area contributed by atoms with Crippen LogP contribution in [0.3, 0.4) is 0 Å². The van der Waals surface area contributed by atoms with E-state index < -0.39 is 0 Å². The van der Waals surface area contributed by atoms with Crippen LogP contribution >= 0.6 is 0 Å². The van der Waals surface area contributed by atoms with Gasteiger partial charge in [0.15, 0.2) is 0 Å². The number of amides is 1. The van der Waals surface area contributed by atoms with Gasteiger partial charge in [-0.25, -0.2) is 4.68 Å². The molecule has 2 aromatic rings. The van der Waals surface area contributed by atoms with Gasteiger partial charge in [-0.2, -0.15) is 5.10 Å². The first-order chi connectivity index (χ1) is 10.7. The Morgan fingerprint density at radius 1 is 1.17 bits per heavy atom. The summed E-state index contributed by atoms with van der Waals surface area (Å²) in [7, 11) is 0. The molecule has 0 bridgehead atoms. The fraction of sp³-hybridized carbons (Fsp3) is 0.368. The van der Waals surface area contributed by atoms with E-state index in [-0.39, 0.29) is 11.4 Å². The lowest BCUT2D eigenvalue weighted by molar-refractivity contribution is -0.111. The third-order valence-electron chi connectivity index (χ3n) is 3.56. The van der Waals surface area contributed by atoms with Crippen molar-refractivity contribution in [2.24, 2.45) is 0 Å². The molecule has 0 fully saturated rings. The van der Waals surface area contributed by atoms with Gasteiger partial charge in [-0.3, -0.25) is 4.79 Å². The summed E-state index contributed by atoms with van der Waals surface area (Å²) in [6, 6.07) is 8.06. The lowest BCUT2D eigenvalue weighted by atomic mass is 10.1. The fourth-order valence-corrected chi connectivity index (χ4v) is 2.45. The number of carbonyl (C=O) groups excluding carboxylic acids is 1. The van der Waals surface area contributed by atoms with Gasteiger partial charge in [-0.1, -0.05) is 23.8 Å². The number of rotatable bonds is 3. The molecule has 23 heavy (non-hydrogen) atoms. The Hall–Kier alpha value is -2.36. The average molecular weight is 311 g/mol. The minimum Gasteiger partial charge on any atom is -0.307 e. The van der Waals surface area contributed by atoms with Crippen molar-refractivity contribution >= 4 is 17.8 Å². The molecule has 0 aliphatic rings. The highest BCUT2D eigenvalue weighted by atomic mass is 16.1. The predicted octanol–water partition coefficient (Wildman–Crippen LogP) is 4.22. The summed E-state index contributed by atoms with van der Waals surface area (Å²) in [5.41, 5.74) is 4.12. The Labute approximate surface area is 138 Å². The van der Waals surface area contributed by atoms with Crippen LogP contribution in [0.25, 0.3) is 6.08 Å². The number of nitrogens with one attached hydrogen (secondary N) is 1. The number of hydrogen-bond acceptors (Lipinski definition) is 2. The third-order valence-corrected chi connectivity index (χ3v) is 3.56. The van der Waals surface area contributed by atoms with Crippen LogP contribution in [0.2, 0.25) is 0 Å². The van der Waals surface area contributed by atoms with Crippen molar-refractivity contribution < 1.29 is 4.79 Å². The lowest BCUT2D eigenvalue weighted by Gasteiger charge is -2.22. The summed E-state index contributed by atoms with van der Waals surface area (Å²) in [5.74, 6) is 0.556. The maximum absolute atomic E-state index is 12.2. The van der Waals surface area contributed by atoms with Gasteiger partial charge < -0.3 is 5.32 Å². The van der Waals surface area contributed by atoms with Gasteiger partial charge in [0.25, 0.3) is 0 Å². The van der Waals surface area contributed by atoms with Crippen molar-refractivity contribution in [2.75, 3.05) is 5.32 Å². The van der Waals surface area contributed by atoms with Gasteiger partial charge in [0.2, 0.25) is 5.91 Å². The van der Waals surface area contributed by atoms with Crippen molar-refractivity contribution in [3.8, 4) is 0 Å². The van der Waals surface area contributed by atoms with E-state index in [0.717, 1.165) is 16.8 Å². The molecule has 1 aromatic heterocycles. The average Bonchev–Trinajstić information content (AvgIpc) is 2.78. The van der Waals surface area contributed by atoms with E-state index >= 15 is 0 Å². The van der Waals surface area contributed by atoms with Crippen molar-refractivity contribution in [3.05, 3.63) is 52.7 Å². The number of aromatic nitrogens is 2. The van der Waals surface area contributed by atoms with Crippen LogP contribution < -0.4 is 5.32 Å². The first-order valence-electron chi connectivity index (χ1n) is 7.80. The monoisotopic (exact) mass is 311 g/mol. The second kappa shape index (κ2) is 6.41. The van der Waals surface area contributed by atoms with Gasteiger partial charge in [-0.15, -0.1) is 0 Å². The molecule has 0 atom stereocenters. The summed E-state index contributed by atoms with van der Waals surface area (Å²) in [4.78, 5) is 12.2. The van der Waals surface area contributed by atoms with Gasteiger partial charge in [0, 0.05) is 12.1 Å². The summed E-state index contributed by atoms with van der Waals surface area (Å²) < 4.78 is 1.84. The zero-order valence-corrected chi connectivity index (χ0v) is 14.8. The Bertz CT molecular complexity index is 748. The highest BCUT2D eigenvalue weighted by molar-refractivity contribution is 6.01. The molecule has 0 aliphatic carbocycles. The number of benzene rings is 1. The SMILES string of the molecule is Cc1ccc(/C=C/C(=O)Nc2cc(C)nn2C(C)(C)C)c(C)c1. The molecule has 4 heteroatoms. The smallest absolute Gasteiger partial charge is 0.249 e. The molecule has 1 N–H and O–H groups in total. The first kappa shape index (κ1) is 17.0. The van der Waals surface area contributed by atoms with E-state index in [1.165, 1.54) is 5.56 Å². The Kier molecular flexibility index (Phi) is 4.73. The van der Waals surface area contributed by atoms with E-state index in [0.29, 0.717) is 5.82 Å². The van der Waals surface area contributed by atoms with E-state index in [4.69, 9.17) is 0 Å². The maximum atomic E-state index is 12.2. The molecule has 0 saturated carbocycles. The Morgan fingerprint density at radius 2 is 1.87 bits per heavy atom. The van der Waals surface area contributed by atoms with Crippen LogP contribution in [-0.4, -0.2) is 15.7 Å². The summed E-state index contributed by atoms with van der Waals surface area (Å²) >= 11 is 0. The number of hydrogen-bond donors (Lipinski definition) is 1.